The standard InChI is InChI=1S/C26H32N4O/c1-4-27-25(29-20-26(2,3)23-10-6-5-7-11-23)28-18-21-13-15-22(16-14-21)19-30-17-9-8-12-24(30)31/h5-17H,4,18-20H2,1-3H3,(H2,27,28,29). The van der Waals surface area contributed by atoms with Crippen LogP contribution in [0, 0.1) is 0 Å². The van der Waals surface area contributed by atoms with Crippen LogP contribution in [0.4, 0.5) is 0 Å². The third kappa shape index (κ3) is 6.57. The fourth-order valence-corrected chi connectivity index (χ4v) is 3.35. The van der Waals surface area contributed by atoms with Crippen LogP contribution in [0.15, 0.2) is 88.8 Å². The molecule has 0 bridgehead atoms. The minimum absolute atomic E-state index is 0.00534. The molecule has 0 saturated carbocycles. The van der Waals surface area contributed by atoms with Crippen LogP contribution in [0.3, 0.4) is 0 Å². The molecule has 31 heavy (non-hydrogen) atoms. The Kier molecular flexibility index (Phi) is 7.65. The zero-order valence-corrected chi connectivity index (χ0v) is 18.6. The van der Waals surface area contributed by atoms with E-state index in [1.807, 2.05) is 18.3 Å². The highest BCUT2D eigenvalue weighted by Gasteiger charge is 2.20. The highest BCUT2D eigenvalue weighted by Crippen LogP contribution is 2.21. The molecular formula is C26H32N4O. The van der Waals surface area contributed by atoms with Crippen molar-refractivity contribution in [1.29, 1.82) is 0 Å². The maximum atomic E-state index is 11.9. The lowest BCUT2D eigenvalue weighted by molar-refractivity contribution is 0.508. The van der Waals surface area contributed by atoms with Gasteiger partial charge >= 0.3 is 0 Å². The Hall–Kier alpha value is -3.34. The van der Waals surface area contributed by atoms with Crippen LogP contribution < -0.4 is 16.2 Å². The zero-order valence-electron chi connectivity index (χ0n) is 18.6. The Bertz CT molecular complexity index is 1040. The number of nitrogens with zero attached hydrogens (tertiary/aromatic N) is 2. The molecule has 3 aromatic rings. The first-order valence-corrected chi connectivity index (χ1v) is 10.8. The summed E-state index contributed by atoms with van der Waals surface area (Å²) < 4.78 is 1.70. The first-order valence-electron chi connectivity index (χ1n) is 10.8. The van der Waals surface area contributed by atoms with Crippen molar-refractivity contribution in [2.45, 2.75) is 39.3 Å². The zero-order chi connectivity index (χ0) is 22.1. The summed E-state index contributed by atoms with van der Waals surface area (Å²) in [6.07, 6.45) is 1.81. The lowest BCUT2D eigenvalue weighted by atomic mass is 9.85. The second-order valence-corrected chi connectivity index (χ2v) is 8.28. The van der Waals surface area contributed by atoms with Crippen molar-refractivity contribution in [2.75, 3.05) is 13.1 Å². The third-order valence-electron chi connectivity index (χ3n) is 5.29. The molecule has 0 radical (unpaired) electrons. The molecular weight excluding hydrogens is 384 g/mol. The van der Waals surface area contributed by atoms with E-state index in [0.717, 1.165) is 30.2 Å². The Morgan fingerprint density at radius 3 is 2.26 bits per heavy atom. The van der Waals surface area contributed by atoms with Gasteiger partial charge in [0, 0.05) is 30.8 Å². The Balaban J connectivity index is 1.61. The molecule has 1 aromatic heterocycles. The third-order valence-corrected chi connectivity index (χ3v) is 5.29. The lowest BCUT2D eigenvalue weighted by Gasteiger charge is -2.26. The van der Waals surface area contributed by atoms with E-state index in [-0.39, 0.29) is 11.0 Å². The molecule has 0 fully saturated rings. The highest BCUT2D eigenvalue weighted by atomic mass is 16.1. The Labute approximate surface area is 184 Å². The second kappa shape index (κ2) is 10.6. The van der Waals surface area contributed by atoms with E-state index in [0.29, 0.717) is 13.1 Å². The molecule has 0 unspecified atom stereocenters. The van der Waals surface area contributed by atoms with Gasteiger partial charge in [-0.3, -0.25) is 4.79 Å². The first-order chi connectivity index (χ1) is 15.0. The summed E-state index contributed by atoms with van der Waals surface area (Å²) in [5, 5.41) is 6.81. The van der Waals surface area contributed by atoms with Gasteiger partial charge in [-0.25, -0.2) is 4.99 Å². The van der Waals surface area contributed by atoms with E-state index in [4.69, 9.17) is 4.99 Å². The average molecular weight is 417 g/mol. The summed E-state index contributed by atoms with van der Waals surface area (Å²) in [5.74, 6) is 0.812. The molecule has 5 heteroatoms. The van der Waals surface area contributed by atoms with Crippen LogP contribution in [-0.2, 0) is 18.5 Å². The van der Waals surface area contributed by atoms with E-state index in [1.54, 1.807) is 16.7 Å². The second-order valence-electron chi connectivity index (χ2n) is 8.28. The summed E-state index contributed by atoms with van der Waals surface area (Å²) in [5.41, 5.74) is 3.52. The van der Waals surface area contributed by atoms with Crippen molar-refractivity contribution in [1.82, 2.24) is 15.2 Å². The van der Waals surface area contributed by atoms with Gasteiger partial charge in [-0.15, -0.1) is 0 Å². The van der Waals surface area contributed by atoms with E-state index < -0.39 is 0 Å². The Morgan fingerprint density at radius 2 is 1.58 bits per heavy atom. The molecule has 1 heterocycles. The summed E-state index contributed by atoms with van der Waals surface area (Å²) in [6.45, 7) is 9.29. The van der Waals surface area contributed by atoms with Gasteiger partial charge in [0.25, 0.3) is 5.56 Å². The van der Waals surface area contributed by atoms with Gasteiger partial charge in [-0.1, -0.05) is 74.5 Å². The van der Waals surface area contributed by atoms with Crippen LogP contribution in [-0.4, -0.2) is 23.6 Å². The summed E-state index contributed by atoms with van der Waals surface area (Å²) in [4.78, 5) is 16.6. The summed E-state index contributed by atoms with van der Waals surface area (Å²) >= 11 is 0. The topological polar surface area (TPSA) is 58.4 Å². The summed E-state index contributed by atoms with van der Waals surface area (Å²) in [6, 6.07) is 24.0. The Morgan fingerprint density at radius 1 is 0.903 bits per heavy atom. The van der Waals surface area contributed by atoms with Crippen molar-refractivity contribution < 1.29 is 0 Å². The number of aromatic nitrogens is 1. The molecule has 0 amide bonds. The minimum Gasteiger partial charge on any atom is -0.357 e. The predicted octanol–water partition coefficient (Wildman–Crippen LogP) is 3.93. The van der Waals surface area contributed by atoms with Crippen LogP contribution in [0.25, 0.3) is 0 Å². The molecule has 2 N–H and O–H groups in total. The van der Waals surface area contributed by atoms with Gasteiger partial charge in [0.15, 0.2) is 5.96 Å². The van der Waals surface area contributed by atoms with Gasteiger partial charge < -0.3 is 15.2 Å². The monoisotopic (exact) mass is 416 g/mol. The van der Waals surface area contributed by atoms with Crippen molar-refractivity contribution in [3.05, 3.63) is 106 Å². The molecule has 3 rings (SSSR count). The van der Waals surface area contributed by atoms with Crippen LogP contribution >= 0.6 is 0 Å². The van der Waals surface area contributed by atoms with Crippen molar-refractivity contribution in [2.24, 2.45) is 4.99 Å². The van der Waals surface area contributed by atoms with Crippen LogP contribution in [0.2, 0.25) is 0 Å². The maximum absolute atomic E-state index is 11.9. The van der Waals surface area contributed by atoms with Gasteiger partial charge in [0.1, 0.15) is 0 Å². The molecule has 0 atom stereocenters. The number of hydrogen-bond donors (Lipinski definition) is 2. The fourth-order valence-electron chi connectivity index (χ4n) is 3.35. The van der Waals surface area contributed by atoms with Crippen LogP contribution in [0.1, 0.15) is 37.5 Å². The highest BCUT2D eigenvalue weighted by molar-refractivity contribution is 5.79. The number of rotatable bonds is 8. The van der Waals surface area contributed by atoms with Crippen LogP contribution in [0.5, 0.6) is 0 Å². The number of aliphatic imine (C=N–C) groups is 1. The van der Waals surface area contributed by atoms with E-state index in [2.05, 4.69) is 79.9 Å². The number of benzene rings is 2. The minimum atomic E-state index is -0.00534. The molecule has 0 aliphatic rings. The van der Waals surface area contributed by atoms with Gasteiger partial charge in [-0.2, -0.15) is 0 Å². The van der Waals surface area contributed by atoms with Gasteiger partial charge in [-0.05, 0) is 29.7 Å². The molecule has 0 spiro atoms. The fraction of sp³-hybridized carbons (Fsp3) is 0.308. The molecule has 162 valence electrons. The SMILES string of the molecule is CCNC(=NCc1ccc(Cn2ccccc2=O)cc1)NCC(C)(C)c1ccccc1. The van der Waals surface area contributed by atoms with Crippen molar-refractivity contribution in [3.63, 3.8) is 0 Å². The van der Waals surface area contributed by atoms with E-state index in [9.17, 15) is 4.79 Å². The molecule has 0 saturated heterocycles. The lowest BCUT2D eigenvalue weighted by Crippen LogP contribution is -2.43. The first kappa shape index (κ1) is 22.3. The smallest absolute Gasteiger partial charge is 0.250 e. The molecule has 0 aliphatic carbocycles. The number of pyridine rings is 1. The van der Waals surface area contributed by atoms with Crippen molar-refractivity contribution in [3.8, 4) is 0 Å². The van der Waals surface area contributed by atoms with Gasteiger partial charge in [0.05, 0.1) is 13.1 Å². The number of guanidine groups is 1. The average Bonchev–Trinajstić information content (AvgIpc) is 2.79. The van der Waals surface area contributed by atoms with E-state index >= 15 is 0 Å². The maximum Gasteiger partial charge on any atom is 0.250 e. The predicted molar refractivity (Wildman–Crippen MR) is 129 cm³/mol. The largest absolute Gasteiger partial charge is 0.357 e. The van der Waals surface area contributed by atoms with Gasteiger partial charge in [0.2, 0.25) is 0 Å². The molecule has 0 aliphatic heterocycles. The number of hydrogen-bond acceptors (Lipinski definition) is 2. The van der Waals surface area contributed by atoms with E-state index in [1.165, 1.54) is 5.56 Å². The molecule has 5 nitrogen and oxygen atoms in total. The number of nitrogens with one attached hydrogen (secondary N) is 2. The summed E-state index contributed by atoms with van der Waals surface area (Å²) in [7, 11) is 0. The quantitative estimate of drug-likeness (QED) is 0.432. The van der Waals surface area contributed by atoms with Crippen molar-refractivity contribution >= 4 is 5.96 Å². The normalized spacial score (nSPS) is 11.9. The molecule has 2 aromatic carbocycles.